The molecule has 0 spiro atoms. The molecule has 2 fully saturated rings. The number of nitrogens with zero attached hydrogens (tertiary/aromatic N) is 1. The number of rotatable bonds is 3. The van der Waals surface area contributed by atoms with Crippen LogP contribution in [0.25, 0.3) is 0 Å². The van der Waals surface area contributed by atoms with Crippen molar-refractivity contribution in [2.75, 3.05) is 13.1 Å². The Morgan fingerprint density at radius 1 is 1.04 bits per heavy atom. The molecule has 23 heavy (non-hydrogen) atoms. The van der Waals surface area contributed by atoms with Gasteiger partial charge in [-0.1, -0.05) is 6.42 Å². The zero-order valence-electron chi connectivity index (χ0n) is 12.5. The van der Waals surface area contributed by atoms with Crippen LogP contribution in [-0.4, -0.2) is 48.3 Å². The number of hydrogen-bond donors (Lipinski definition) is 1. The van der Waals surface area contributed by atoms with E-state index in [1.807, 2.05) is 0 Å². The van der Waals surface area contributed by atoms with E-state index in [0.717, 1.165) is 4.90 Å². The Hall–Kier alpha value is -0.990. The molecule has 1 saturated heterocycles. The lowest BCUT2D eigenvalue weighted by Gasteiger charge is -2.37. The smallest absolute Gasteiger partial charge is 0.332 e. The van der Waals surface area contributed by atoms with E-state index in [-0.39, 0.29) is 19.4 Å². The summed E-state index contributed by atoms with van der Waals surface area (Å²) in [6, 6.07) is -1.29. The molecule has 3 atom stereocenters. The third kappa shape index (κ3) is 5.26. The highest BCUT2D eigenvalue weighted by Gasteiger charge is 2.43. The summed E-state index contributed by atoms with van der Waals surface area (Å²) in [4.78, 5) is 12.8. The molecule has 1 N–H and O–H groups in total. The topological polar surface area (TPSA) is 32.3 Å². The van der Waals surface area contributed by atoms with Crippen molar-refractivity contribution in [1.82, 2.24) is 10.2 Å². The molecule has 2 aliphatic rings. The summed E-state index contributed by atoms with van der Waals surface area (Å²) in [5.41, 5.74) is 0. The van der Waals surface area contributed by atoms with E-state index in [2.05, 4.69) is 5.32 Å². The van der Waals surface area contributed by atoms with Crippen molar-refractivity contribution in [2.45, 2.75) is 63.0 Å². The van der Waals surface area contributed by atoms with Gasteiger partial charge in [-0.15, -0.1) is 0 Å². The minimum atomic E-state index is -4.47. The molecule has 1 aliphatic carbocycles. The van der Waals surface area contributed by atoms with Gasteiger partial charge in [-0.3, -0.25) is 4.79 Å². The number of carbonyl (C=O) groups excluding carboxylic acids is 1. The van der Waals surface area contributed by atoms with Crippen molar-refractivity contribution in [2.24, 2.45) is 5.92 Å². The molecule has 0 unspecified atom stereocenters. The van der Waals surface area contributed by atoms with Gasteiger partial charge >= 0.3 is 12.4 Å². The zero-order valence-corrected chi connectivity index (χ0v) is 12.5. The van der Waals surface area contributed by atoms with Gasteiger partial charge in [0.2, 0.25) is 5.91 Å². The molecule has 3 nitrogen and oxygen atoms in total. The summed E-state index contributed by atoms with van der Waals surface area (Å²) in [5, 5.41) is 2.87. The Kier molecular flexibility index (Phi) is 5.48. The molecule has 0 aromatic rings. The maximum Gasteiger partial charge on any atom is 0.406 e. The van der Waals surface area contributed by atoms with Gasteiger partial charge in [0.05, 0.1) is 12.0 Å². The van der Waals surface area contributed by atoms with Gasteiger partial charge in [0.1, 0.15) is 6.54 Å². The molecule has 134 valence electrons. The lowest BCUT2D eigenvalue weighted by atomic mass is 9.84. The van der Waals surface area contributed by atoms with Crippen molar-refractivity contribution in [3.8, 4) is 0 Å². The highest BCUT2D eigenvalue weighted by molar-refractivity contribution is 5.82. The van der Waals surface area contributed by atoms with E-state index < -0.39 is 42.8 Å². The number of piperidine rings is 1. The summed E-state index contributed by atoms with van der Waals surface area (Å²) in [6.07, 6.45) is -7.10. The molecule has 0 aromatic heterocycles. The molecule has 1 amide bonds. The van der Waals surface area contributed by atoms with Crippen LogP contribution in [0.4, 0.5) is 26.3 Å². The number of amides is 1. The summed E-state index contributed by atoms with van der Waals surface area (Å²) in [7, 11) is 0. The maximum absolute atomic E-state index is 12.8. The molecule has 2 rings (SSSR count). The summed E-state index contributed by atoms with van der Waals surface area (Å²) in [5.74, 6) is -2.07. The van der Waals surface area contributed by atoms with Crippen molar-refractivity contribution < 1.29 is 31.1 Å². The zero-order chi connectivity index (χ0) is 17.3. The van der Waals surface area contributed by atoms with Crippen molar-refractivity contribution >= 4 is 5.91 Å². The molecule has 1 saturated carbocycles. The summed E-state index contributed by atoms with van der Waals surface area (Å²) < 4.78 is 75.7. The predicted molar refractivity (Wildman–Crippen MR) is 70.6 cm³/mol. The molecular weight excluding hydrogens is 326 g/mol. The van der Waals surface area contributed by atoms with Gasteiger partial charge in [0, 0.05) is 12.6 Å². The minimum Gasteiger partial charge on any atom is -0.332 e. The van der Waals surface area contributed by atoms with E-state index in [4.69, 9.17) is 0 Å². The Morgan fingerprint density at radius 2 is 1.74 bits per heavy atom. The third-order valence-electron chi connectivity index (χ3n) is 4.47. The van der Waals surface area contributed by atoms with Crippen LogP contribution in [0.1, 0.15) is 38.5 Å². The van der Waals surface area contributed by atoms with Crippen molar-refractivity contribution in [3.63, 3.8) is 0 Å². The second kappa shape index (κ2) is 6.86. The SMILES string of the molecule is O=C1[C@H](N[C@@H]2CCC[C@H](C(F)(F)F)C2)CCCN1CC(F)(F)F. The fourth-order valence-electron chi connectivity index (χ4n) is 3.39. The normalized spacial score (nSPS) is 30.6. The molecular formula is C14H20F6N2O. The fourth-order valence-corrected chi connectivity index (χ4v) is 3.39. The second-order valence-electron chi connectivity index (χ2n) is 6.34. The van der Waals surface area contributed by atoms with E-state index in [1.54, 1.807) is 0 Å². The first kappa shape index (κ1) is 18.4. The van der Waals surface area contributed by atoms with Gasteiger partial charge < -0.3 is 10.2 Å². The first-order valence-electron chi connectivity index (χ1n) is 7.74. The third-order valence-corrected chi connectivity index (χ3v) is 4.47. The number of carbonyl (C=O) groups is 1. The lowest BCUT2D eigenvalue weighted by Crippen LogP contribution is -2.56. The van der Waals surface area contributed by atoms with Crippen LogP contribution in [-0.2, 0) is 4.79 Å². The molecule has 9 heteroatoms. The maximum atomic E-state index is 12.8. The van der Waals surface area contributed by atoms with Crippen LogP contribution in [0.3, 0.4) is 0 Å². The number of hydrogen-bond acceptors (Lipinski definition) is 2. The molecule has 0 aromatic carbocycles. The monoisotopic (exact) mass is 346 g/mol. The van der Waals surface area contributed by atoms with Gasteiger partial charge in [-0.2, -0.15) is 26.3 Å². The second-order valence-corrected chi connectivity index (χ2v) is 6.34. The average Bonchev–Trinajstić information content (AvgIpc) is 2.41. The van der Waals surface area contributed by atoms with Crippen LogP contribution >= 0.6 is 0 Å². The van der Waals surface area contributed by atoms with Crippen LogP contribution in [0.5, 0.6) is 0 Å². The van der Waals surface area contributed by atoms with Gasteiger partial charge in [0.15, 0.2) is 0 Å². The van der Waals surface area contributed by atoms with Crippen LogP contribution in [0.15, 0.2) is 0 Å². The Morgan fingerprint density at radius 3 is 2.35 bits per heavy atom. The summed E-state index contributed by atoms with van der Waals surface area (Å²) in [6.45, 7) is -1.27. The lowest BCUT2D eigenvalue weighted by molar-refractivity contribution is -0.184. The molecule has 1 heterocycles. The van der Waals surface area contributed by atoms with E-state index >= 15 is 0 Å². The Labute approximate surface area is 130 Å². The number of likely N-dealkylation sites (tertiary alicyclic amines) is 1. The first-order chi connectivity index (χ1) is 10.6. The molecule has 0 radical (unpaired) electrons. The van der Waals surface area contributed by atoms with Gasteiger partial charge in [0.25, 0.3) is 0 Å². The highest BCUT2D eigenvalue weighted by atomic mass is 19.4. The Balaban J connectivity index is 1.92. The van der Waals surface area contributed by atoms with Crippen LogP contribution in [0, 0.1) is 5.92 Å². The van der Waals surface area contributed by atoms with Crippen molar-refractivity contribution in [3.05, 3.63) is 0 Å². The van der Waals surface area contributed by atoms with Crippen LogP contribution in [0.2, 0.25) is 0 Å². The van der Waals surface area contributed by atoms with E-state index in [9.17, 15) is 31.1 Å². The number of nitrogens with one attached hydrogen (secondary N) is 1. The number of alkyl halides is 6. The highest BCUT2D eigenvalue weighted by Crippen LogP contribution is 2.37. The van der Waals surface area contributed by atoms with E-state index in [1.165, 1.54) is 0 Å². The predicted octanol–water partition coefficient (Wildman–Crippen LogP) is 3.25. The quantitative estimate of drug-likeness (QED) is 0.796. The van der Waals surface area contributed by atoms with Gasteiger partial charge in [-0.05, 0) is 32.1 Å². The average molecular weight is 346 g/mol. The largest absolute Gasteiger partial charge is 0.406 e. The number of halogens is 6. The van der Waals surface area contributed by atoms with Crippen molar-refractivity contribution in [1.29, 1.82) is 0 Å². The minimum absolute atomic E-state index is 0.0341. The first-order valence-corrected chi connectivity index (χ1v) is 7.74. The van der Waals surface area contributed by atoms with E-state index in [0.29, 0.717) is 25.7 Å². The van der Waals surface area contributed by atoms with Gasteiger partial charge in [-0.25, -0.2) is 0 Å². The standard InChI is InChI=1S/C14H20F6N2O/c15-13(16,17)8-22-6-2-5-11(12(22)23)21-10-4-1-3-9(7-10)14(18,19)20/h9-11,21H,1-8H2/t9-,10+,11+/m0/s1. The fraction of sp³-hybridized carbons (Fsp3) is 0.929. The molecule has 0 bridgehead atoms. The Bertz CT molecular complexity index is 422. The summed E-state index contributed by atoms with van der Waals surface area (Å²) >= 11 is 0. The van der Waals surface area contributed by atoms with Crippen LogP contribution < -0.4 is 5.32 Å². The molecule has 1 aliphatic heterocycles.